The highest BCUT2D eigenvalue weighted by atomic mass is 35.5. The first-order chi connectivity index (χ1) is 5.82. The zero-order valence-electron chi connectivity index (χ0n) is 6.29. The molecule has 0 heterocycles. The van der Waals surface area contributed by atoms with E-state index in [2.05, 4.69) is 0 Å². The monoisotopic (exact) mass is 240 g/mol. The summed E-state index contributed by atoms with van der Waals surface area (Å²) in [5, 5.41) is 4.94. The first kappa shape index (κ1) is 10.6. The standard InChI is InChI=1S/C6H6Cl2N2O2S/c7-3-1-4(9)6(8)5(2-3)13(10,11)12/h1-2H,9H2,(H2,10,11,12). The van der Waals surface area contributed by atoms with E-state index in [1.165, 1.54) is 6.07 Å². The first-order valence-corrected chi connectivity index (χ1v) is 5.40. The molecule has 0 saturated heterocycles. The maximum absolute atomic E-state index is 10.9. The zero-order valence-corrected chi connectivity index (χ0v) is 8.62. The Morgan fingerprint density at radius 1 is 1.23 bits per heavy atom. The highest BCUT2D eigenvalue weighted by Gasteiger charge is 2.15. The molecule has 0 radical (unpaired) electrons. The molecule has 0 bridgehead atoms. The minimum absolute atomic E-state index is 0.0817. The number of nitrogen functional groups attached to an aromatic ring is 1. The topological polar surface area (TPSA) is 86.2 Å². The van der Waals surface area contributed by atoms with Crippen molar-refractivity contribution in [3.63, 3.8) is 0 Å². The minimum atomic E-state index is -3.87. The van der Waals surface area contributed by atoms with E-state index in [9.17, 15) is 8.42 Å². The molecule has 0 unspecified atom stereocenters. The van der Waals surface area contributed by atoms with Gasteiger partial charge in [0, 0.05) is 5.02 Å². The van der Waals surface area contributed by atoms with Gasteiger partial charge in [-0.05, 0) is 12.1 Å². The van der Waals surface area contributed by atoms with Crippen molar-refractivity contribution in [2.45, 2.75) is 4.90 Å². The molecule has 13 heavy (non-hydrogen) atoms. The summed E-state index contributed by atoms with van der Waals surface area (Å²) in [4.78, 5) is -0.265. The Kier molecular flexibility index (Phi) is 2.72. The Morgan fingerprint density at radius 2 is 1.77 bits per heavy atom. The molecule has 0 spiro atoms. The van der Waals surface area contributed by atoms with Gasteiger partial charge in [-0.1, -0.05) is 23.2 Å². The second-order valence-corrected chi connectivity index (χ2v) is 4.70. The molecule has 0 amide bonds. The van der Waals surface area contributed by atoms with Crippen LogP contribution in [-0.2, 0) is 10.0 Å². The van der Waals surface area contributed by atoms with Crippen molar-refractivity contribution in [2.75, 3.05) is 5.73 Å². The van der Waals surface area contributed by atoms with Crippen LogP contribution in [0.2, 0.25) is 10.0 Å². The molecular formula is C6H6Cl2N2O2S. The van der Waals surface area contributed by atoms with E-state index >= 15 is 0 Å². The fraction of sp³-hybridized carbons (Fsp3) is 0. The lowest BCUT2D eigenvalue weighted by molar-refractivity contribution is 0.598. The molecular weight excluding hydrogens is 235 g/mol. The Hall–Kier alpha value is -0.490. The third kappa shape index (κ3) is 2.25. The lowest BCUT2D eigenvalue weighted by Crippen LogP contribution is -2.13. The highest BCUT2D eigenvalue weighted by molar-refractivity contribution is 7.89. The first-order valence-electron chi connectivity index (χ1n) is 3.09. The molecule has 0 atom stereocenters. The van der Waals surface area contributed by atoms with Crippen LogP contribution in [0.4, 0.5) is 5.69 Å². The van der Waals surface area contributed by atoms with Gasteiger partial charge in [-0.2, -0.15) is 0 Å². The van der Waals surface area contributed by atoms with E-state index in [-0.39, 0.29) is 20.6 Å². The molecule has 7 heteroatoms. The normalized spacial score (nSPS) is 11.6. The van der Waals surface area contributed by atoms with E-state index in [4.69, 9.17) is 34.1 Å². The molecule has 0 aliphatic rings. The molecule has 0 fully saturated rings. The second kappa shape index (κ2) is 3.34. The van der Waals surface area contributed by atoms with Crippen molar-refractivity contribution in [2.24, 2.45) is 5.14 Å². The van der Waals surface area contributed by atoms with E-state index in [0.29, 0.717) is 0 Å². The van der Waals surface area contributed by atoms with Gasteiger partial charge in [-0.3, -0.25) is 0 Å². The Bertz CT molecular complexity index is 444. The largest absolute Gasteiger partial charge is 0.397 e. The second-order valence-electron chi connectivity index (χ2n) is 2.35. The van der Waals surface area contributed by atoms with Crippen LogP contribution < -0.4 is 10.9 Å². The predicted molar refractivity (Wildman–Crippen MR) is 52.2 cm³/mol. The number of rotatable bonds is 1. The van der Waals surface area contributed by atoms with Crippen molar-refractivity contribution in [1.82, 2.24) is 0 Å². The summed E-state index contributed by atoms with van der Waals surface area (Å²) >= 11 is 11.2. The molecule has 0 saturated carbocycles. The number of hydrogen-bond donors (Lipinski definition) is 2. The van der Waals surface area contributed by atoms with Crippen LogP contribution in [0.15, 0.2) is 17.0 Å². The molecule has 0 aliphatic carbocycles. The lowest BCUT2D eigenvalue weighted by atomic mass is 10.3. The summed E-state index contributed by atoms with van der Waals surface area (Å²) < 4.78 is 21.9. The van der Waals surface area contributed by atoms with Crippen LogP contribution in [0.5, 0.6) is 0 Å². The number of halogens is 2. The van der Waals surface area contributed by atoms with Crippen LogP contribution in [0.3, 0.4) is 0 Å². The van der Waals surface area contributed by atoms with Gasteiger partial charge >= 0.3 is 0 Å². The van der Waals surface area contributed by atoms with Gasteiger partial charge in [0.15, 0.2) is 0 Å². The molecule has 72 valence electrons. The summed E-state index contributed by atoms with van der Waals surface area (Å²) in [5.41, 5.74) is 5.46. The fourth-order valence-corrected chi connectivity index (χ4v) is 2.17. The van der Waals surface area contributed by atoms with Crippen LogP contribution in [0.25, 0.3) is 0 Å². The maximum Gasteiger partial charge on any atom is 0.239 e. The Morgan fingerprint density at radius 3 is 2.23 bits per heavy atom. The Balaban J connectivity index is 3.56. The Labute approximate surface area is 85.5 Å². The zero-order chi connectivity index (χ0) is 10.2. The van der Waals surface area contributed by atoms with Crippen LogP contribution >= 0.6 is 23.2 Å². The minimum Gasteiger partial charge on any atom is -0.397 e. The highest BCUT2D eigenvalue weighted by Crippen LogP contribution is 2.30. The average molecular weight is 241 g/mol. The van der Waals surface area contributed by atoms with Crippen LogP contribution in [0, 0.1) is 0 Å². The number of benzene rings is 1. The number of anilines is 1. The summed E-state index contributed by atoms with van der Waals surface area (Å²) in [5.74, 6) is 0. The summed E-state index contributed by atoms with van der Waals surface area (Å²) in [7, 11) is -3.87. The summed E-state index contributed by atoms with van der Waals surface area (Å²) in [6.45, 7) is 0. The van der Waals surface area contributed by atoms with Crippen LogP contribution in [-0.4, -0.2) is 8.42 Å². The number of nitrogens with two attached hydrogens (primary N) is 2. The molecule has 1 rings (SSSR count). The molecule has 4 N–H and O–H groups in total. The van der Waals surface area contributed by atoms with E-state index in [1.54, 1.807) is 0 Å². The SMILES string of the molecule is Nc1cc(Cl)cc(S(N)(=O)=O)c1Cl. The molecule has 0 aliphatic heterocycles. The average Bonchev–Trinajstić information content (AvgIpc) is 1.94. The van der Waals surface area contributed by atoms with Gasteiger partial charge in [0.05, 0.1) is 10.7 Å². The van der Waals surface area contributed by atoms with Crippen molar-refractivity contribution >= 4 is 38.9 Å². The van der Waals surface area contributed by atoms with Crippen LogP contribution in [0.1, 0.15) is 0 Å². The maximum atomic E-state index is 10.9. The third-order valence-electron chi connectivity index (χ3n) is 1.34. The van der Waals surface area contributed by atoms with Gasteiger partial charge in [0.25, 0.3) is 0 Å². The van der Waals surface area contributed by atoms with E-state index in [0.717, 1.165) is 6.07 Å². The predicted octanol–water partition coefficient (Wildman–Crippen LogP) is 1.22. The smallest absolute Gasteiger partial charge is 0.239 e. The third-order valence-corrected chi connectivity index (χ3v) is 3.03. The van der Waals surface area contributed by atoms with Crippen molar-refractivity contribution in [3.05, 3.63) is 22.2 Å². The fourth-order valence-electron chi connectivity index (χ4n) is 0.791. The summed E-state index contributed by atoms with van der Waals surface area (Å²) in [6, 6.07) is 2.49. The quantitative estimate of drug-likeness (QED) is 0.725. The number of sulfonamides is 1. The van der Waals surface area contributed by atoms with Gasteiger partial charge < -0.3 is 5.73 Å². The van der Waals surface area contributed by atoms with E-state index in [1.807, 2.05) is 0 Å². The molecule has 0 aromatic heterocycles. The molecule has 4 nitrogen and oxygen atoms in total. The lowest BCUT2D eigenvalue weighted by Gasteiger charge is -2.04. The summed E-state index contributed by atoms with van der Waals surface area (Å²) in [6.07, 6.45) is 0. The van der Waals surface area contributed by atoms with Crippen molar-refractivity contribution in [3.8, 4) is 0 Å². The van der Waals surface area contributed by atoms with Gasteiger partial charge in [0.2, 0.25) is 10.0 Å². The van der Waals surface area contributed by atoms with Gasteiger partial charge in [-0.25, -0.2) is 13.6 Å². The molecule has 1 aromatic rings. The van der Waals surface area contributed by atoms with Crippen molar-refractivity contribution < 1.29 is 8.42 Å². The van der Waals surface area contributed by atoms with Crippen molar-refractivity contribution in [1.29, 1.82) is 0 Å². The van der Waals surface area contributed by atoms with E-state index < -0.39 is 10.0 Å². The number of primary sulfonamides is 1. The van der Waals surface area contributed by atoms with Gasteiger partial charge in [-0.15, -0.1) is 0 Å². The van der Waals surface area contributed by atoms with Gasteiger partial charge in [0.1, 0.15) is 4.90 Å². The molecule has 1 aromatic carbocycles. The number of hydrogen-bond acceptors (Lipinski definition) is 3.